The molecule has 130 valence electrons. The summed E-state index contributed by atoms with van der Waals surface area (Å²) in [4.78, 5) is 12.2. The maximum atomic E-state index is 12.2. The van der Waals surface area contributed by atoms with Crippen LogP contribution in [0.2, 0.25) is 0 Å². The zero-order valence-electron chi connectivity index (χ0n) is 14.9. The Morgan fingerprint density at radius 3 is 2.43 bits per heavy atom. The molecule has 0 fully saturated rings. The molecule has 0 radical (unpaired) electrons. The standard InChI is InChI=1S/C19H30O4/c1-5-6-7-8-17(21-2)14-16(20)11-9-15-10-12-18(22-3)19(13-15)23-4/h10,12-13,17H,5-9,11,14H2,1-4H3. The van der Waals surface area contributed by atoms with E-state index in [1.807, 2.05) is 18.2 Å². The molecule has 1 rings (SSSR count). The number of hydrogen-bond acceptors (Lipinski definition) is 4. The van der Waals surface area contributed by atoms with Gasteiger partial charge in [0.05, 0.1) is 20.3 Å². The minimum absolute atomic E-state index is 0.0550. The number of carbonyl (C=O) groups is 1. The quantitative estimate of drug-likeness (QED) is 0.541. The maximum Gasteiger partial charge on any atom is 0.160 e. The van der Waals surface area contributed by atoms with Crippen molar-refractivity contribution in [1.82, 2.24) is 0 Å². The third-order valence-corrected chi connectivity index (χ3v) is 4.06. The van der Waals surface area contributed by atoms with Gasteiger partial charge in [-0.1, -0.05) is 32.3 Å². The molecule has 23 heavy (non-hydrogen) atoms. The van der Waals surface area contributed by atoms with Crippen molar-refractivity contribution in [2.75, 3.05) is 21.3 Å². The molecule has 0 amide bonds. The van der Waals surface area contributed by atoms with Crippen LogP contribution in [-0.4, -0.2) is 33.2 Å². The van der Waals surface area contributed by atoms with E-state index in [4.69, 9.17) is 14.2 Å². The number of methoxy groups -OCH3 is 3. The molecular formula is C19H30O4. The van der Waals surface area contributed by atoms with Crippen molar-refractivity contribution < 1.29 is 19.0 Å². The van der Waals surface area contributed by atoms with Crippen LogP contribution in [0.1, 0.15) is 51.0 Å². The van der Waals surface area contributed by atoms with Crippen LogP contribution in [0.15, 0.2) is 18.2 Å². The summed E-state index contributed by atoms with van der Waals surface area (Å²) in [7, 11) is 4.93. The number of unbranched alkanes of at least 4 members (excludes halogenated alkanes) is 2. The molecule has 4 nitrogen and oxygen atoms in total. The van der Waals surface area contributed by atoms with E-state index >= 15 is 0 Å². The molecule has 0 aromatic heterocycles. The van der Waals surface area contributed by atoms with E-state index in [-0.39, 0.29) is 11.9 Å². The Hall–Kier alpha value is -1.55. The van der Waals surface area contributed by atoms with E-state index in [2.05, 4.69) is 6.92 Å². The molecule has 0 spiro atoms. The molecule has 1 aromatic rings. The molecule has 1 aromatic carbocycles. The number of ether oxygens (including phenoxy) is 3. The summed E-state index contributed by atoms with van der Waals surface area (Å²) in [6.07, 6.45) is 6.27. The van der Waals surface area contributed by atoms with Crippen LogP contribution in [0.4, 0.5) is 0 Å². The number of benzene rings is 1. The largest absolute Gasteiger partial charge is 0.493 e. The van der Waals surface area contributed by atoms with E-state index in [1.54, 1.807) is 21.3 Å². The molecule has 0 saturated carbocycles. The average Bonchev–Trinajstić information content (AvgIpc) is 2.58. The third kappa shape index (κ3) is 7.04. The first-order valence-electron chi connectivity index (χ1n) is 8.40. The topological polar surface area (TPSA) is 44.8 Å². The molecule has 0 heterocycles. The minimum Gasteiger partial charge on any atom is -0.493 e. The smallest absolute Gasteiger partial charge is 0.160 e. The second-order valence-corrected chi connectivity index (χ2v) is 5.79. The lowest BCUT2D eigenvalue weighted by Gasteiger charge is -2.14. The van der Waals surface area contributed by atoms with Gasteiger partial charge in [0.25, 0.3) is 0 Å². The maximum absolute atomic E-state index is 12.2. The first-order valence-corrected chi connectivity index (χ1v) is 8.40. The van der Waals surface area contributed by atoms with Gasteiger partial charge in [0.15, 0.2) is 11.5 Å². The fourth-order valence-electron chi connectivity index (χ4n) is 2.60. The number of carbonyl (C=O) groups excluding carboxylic acids is 1. The number of ketones is 1. The highest BCUT2D eigenvalue weighted by atomic mass is 16.5. The van der Waals surface area contributed by atoms with Gasteiger partial charge in [0.2, 0.25) is 0 Å². The van der Waals surface area contributed by atoms with Crippen LogP contribution in [0.25, 0.3) is 0 Å². The first-order chi connectivity index (χ1) is 11.1. The van der Waals surface area contributed by atoms with Crippen LogP contribution in [0, 0.1) is 0 Å². The van der Waals surface area contributed by atoms with Gasteiger partial charge in [-0.2, -0.15) is 0 Å². The molecule has 0 aliphatic heterocycles. The number of rotatable bonds is 12. The molecule has 0 saturated heterocycles. The van der Waals surface area contributed by atoms with Gasteiger partial charge in [0, 0.05) is 20.0 Å². The molecule has 0 aliphatic rings. The number of Topliss-reactive ketones (excluding diaryl/α,β-unsaturated/α-hetero) is 1. The summed E-state index contributed by atoms with van der Waals surface area (Å²) >= 11 is 0. The van der Waals surface area contributed by atoms with E-state index in [1.165, 1.54) is 12.8 Å². The van der Waals surface area contributed by atoms with Crippen molar-refractivity contribution in [3.05, 3.63) is 23.8 Å². The fraction of sp³-hybridized carbons (Fsp3) is 0.632. The zero-order valence-corrected chi connectivity index (χ0v) is 14.9. The summed E-state index contributed by atoms with van der Waals surface area (Å²) in [5.41, 5.74) is 1.08. The van der Waals surface area contributed by atoms with Crippen molar-refractivity contribution in [3.63, 3.8) is 0 Å². The second kappa shape index (κ2) is 11.1. The van der Waals surface area contributed by atoms with E-state index < -0.39 is 0 Å². The molecule has 0 N–H and O–H groups in total. The summed E-state index contributed by atoms with van der Waals surface area (Å²) < 4.78 is 15.9. The molecule has 0 bridgehead atoms. The van der Waals surface area contributed by atoms with Crippen LogP contribution in [-0.2, 0) is 16.0 Å². The van der Waals surface area contributed by atoms with Crippen molar-refractivity contribution in [2.45, 2.75) is 58.0 Å². The van der Waals surface area contributed by atoms with Crippen LogP contribution in [0.3, 0.4) is 0 Å². The van der Waals surface area contributed by atoms with Crippen molar-refractivity contribution in [1.29, 1.82) is 0 Å². The normalized spacial score (nSPS) is 12.0. The van der Waals surface area contributed by atoms with Crippen LogP contribution < -0.4 is 9.47 Å². The summed E-state index contributed by atoms with van der Waals surface area (Å²) in [6, 6.07) is 5.78. The first kappa shape index (κ1) is 19.5. The predicted molar refractivity (Wildman–Crippen MR) is 92.4 cm³/mol. The predicted octanol–water partition coefficient (Wildman–Crippen LogP) is 4.19. The molecule has 0 aliphatic carbocycles. The van der Waals surface area contributed by atoms with Crippen LogP contribution >= 0.6 is 0 Å². The Morgan fingerprint density at radius 1 is 1.09 bits per heavy atom. The second-order valence-electron chi connectivity index (χ2n) is 5.79. The summed E-state index contributed by atoms with van der Waals surface area (Å²) in [5.74, 6) is 1.66. The molecule has 4 heteroatoms. The monoisotopic (exact) mass is 322 g/mol. The summed E-state index contributed by atoms with van der Waals surface area (Å²) in [5, 5.41) is 0. The number of hydrogen-bond donors (Lipinski definition) is 0. The van der Waals surface area contributed by atoms with E-state index in [9.17, 15) is 4.79 Å². The van der Waals surface area contributed by atoms with Gasteiger partial charge in [-0.3, -0.25) is 4.79 Å². The third-order valence-electron chi connectivity index (χ3n) is 4.06. The van der Waals surface area contributed by atoms with Gasteiger partial charge in [-0.05, 0) is 30.5 Å². The Kier molecular flexibility index (Phi) is 9.37. The minimum atomic E-state index is 0.0550. The molecular weight excluding hydrogens is 292 g/mol. The van der Waals surface area contributed by atoms with E-state index in [0.29, 0.717) is 30.8 Å². The van der Waals surface area contributed by atoms with Gasteiger partial charge >= 0.3 is 0 Å². The van der Waals surface area contributed by atoms with Crippen LogP contribution in [0.5, 0.6) is 11.5 Å². The highest BCUT2D eigenvalue weighted by molar-refractivity contribution is 5.79. The van der Waals surface area contributed by atoms with Gasteiger partial charge in [0.1, 0.15) is 5.78 Å². The van der Waals surface area contributed by atoms with Crippen molar-refractivity contribution in [2.24, 2.45) is 0 Å². The fourth-order valence-corrected chi connectivity index (χ4v) is 2.60. The molecule has 1 atom stereocenters. The van der Waals surface area contributed by atoms with E-state index in [0.717, 1.165) is 18.4 Å². The highest BCUT2D eigenvalue weighted by Crippen LogP contribution is 2.28. The Labute approximate surface area is 140 Å². The highest BCUT2D eigenvalue weighted by Gasteiger charge is 2.13. The number of aryl methyl sites for hydroxylation is 1. The van der Waals surface area contributed by atoms with Gasteiger partial charge in [-0.15, -0.1) is 0 Å². The Bertz CT molecular complexity index is 470. The van der Waals surface area contributed by atoms with Crippen molar-refractivity contribution in [3.8, 4) is 11.5 Å². The van der Waals surface area contributed by atoms with Crippen molar-refractivity contribution >= 4 is 5.78 Å². The Morgan fingerprint density at radius 2 is 1.83 bits per heavy atom. The van der Waals surface area contributed by atoms with Gasteiger partial charge < -0.3 is 14.2 Å². The van der Waals surface area contributed by atoms with Gasteiger partial charge in [-0.25, -0.2) is 0 Å². The lowest BCUT2D eigenvalue weighted by atomic mass is 10.0. The lowest BCUT2D eigenvalue weighted by Crippen LogP contribution is -2.16. The SMILES string of the molecule is CCCCCC(CC(=O)CCc1ccc(OC)c(OC)c1)OC. The Balaban J connectivity index is 2.45. The summed E-state index contributed by atoms with van der Waals surface area (Å²) in [6.45, 7) is 2.18. The zero-order chi connectivity index (χ0) is 17.1. The lowest BCUT2D eigenvalue weighted by molar-refractivity contribution is -0.121. The average molecular weight is 322 g/mol. The molecule has 1 unspecified atom stereocenters.